The van der Waals surface area contributed by atoms with E-state index in [2.05, 4.69) is 79.9 Å². The van der Waals surface area contributed by atoms with Crippen molar-refractivity contribution in [3.8, 4) is 0 Å². The van der Waals surface area contributed by atoms with E-state index in [1.54, 1.807) is 6.08 Å². The lowest BCUT2D eigenvalue weighted by atomic mass is 9.97. The molecular weight excluding hydrogens is 907 g/mol. The molecule has 0 aromatic rings. The molecule has 0 aromatic carbocycles. The van der Waals surface area contributed by atoms with Gasteiger partial charge in [0.15, 0.2) is 12.6 Å². The summed E-state index contributed by atoms with van der Waals surface area (Å²) in [6.07, 6.45) is 38.0. The Morgan fingerprint density at radius 3 is 1.55 bits per heavy atom. The molecule has 71 heavy (non-hydrogen) atoms. The van der Waals surface area contributed by atoms with Gasteiger partial charge in [-0.25, -0.2) is 0 Å². The molecule has 2 heterocycles. The highest BCUT2D eigenvalue weighted by Gasteiger charge is 2.51. The molecule has 0 spiro atoms. The lowest BCUT2D eigenvalue weighted by Crippen LogP contribution is -2.65. The smallest absolute Gasteiger partial charge is 0.220 e. The summed E-state index contributed by atoms with van der Waals surface area (Å²) in [5.41, 5.74) is 0. The molecular formula is C57H99NO13. The third-order valence-corrected chi connectivity index (χ3v) is 13.1. The van der Waals surface area contributed by atoms with E-state index in [0.717, 1.165) is 77.0 Å². The number of hydrogen-bond donors (Lipinski definition) is 9. The fraction of sp³-hybridized carbons (Fsp3) is 0.772. The van der Waals surface area contributed by atoms with Crippen molar-refractivity contribution in [3.63, 3.8) is 0 Å². The highest BCUT2D eigenvalue weighted by molar-refractivity contribution is 5.76. The van der Waals surface area contributed by atoms with Crippen molar-refractivity contribution in [2.75, 3.05) is 19.8 Å². The van der Waals surface area contributed by atoms with Crippen LogP contribution in [0.5, 0.6) is 0 Å². The Balaban J connectivity index is 1.84. The molecule has 0 saturated carbocycles. The van der Waals surface area contributed by atoms with Crippen LogP contribution >= 0.6 is 0 Å². The molecule has 2 aliphatic rings. The van der Waals surface area contributed by atoms with Gasteiger partial charge in [-0.05, 0) is 77.0 Å². The van der Waals surface area contributed by atoms with Crippen LogP contribution in [0.2, 0.25) is 0 Å². The Bertz CT molecular complexity index is 1470. The maximum atomic E-state index is 13.2. The summed E-state index contributed by atoms with van der Waals surface area (Å²) in [5.74, 6) is -0.273. The summed E-state index contributed by atoms with van der Waals surface area (Å²) >= 11 is 0. The van der Waals surface area contributed by atoms with E-state index < -0.39 is 86.8 Å². The number of ether oxygens (including phenoxy) is 4. The first kappa shape index (κ1) is 64.5. The van der Waals surface area contributed by atoms with Gasteiger partial charge in [-0.2, -0.15) is 0 Å². The van der Waals surface area contributed by atoms with Crippen molar-refractivity contribution in [2.24, 2.45) is 0 Å². The number of carbonyl (C=O) groups excluding carboxylic acids is 1. The normalized spacial score (nSPS) is 26.3. The first-order chi connectivity index (χ1) is 34.6. The molecule has 0 radical (unpaired) electrons. The molecule has 2 rings (SSSR count). The van der Waals surface area contributed by atoms with Crippen LogP contribution in [-0.2, 0) is 23.7 Å². The summed E-state index contributed by atoms with van der Waals surface area (Å²) < 4.78 is 22.7. The highest BCUT2D eigenvalue weighted by atomic mass is 16.7. The second kappa shape index (κ2) is 42.8. The summed E-state index contributed by atoms with van der Waals surface area (Å²) in [5, 5.41) is 86.9. The largest absolute Gasteiger partial charge is 0.394 e. The van der Waals surface area contributed by atoms with Gasteiger partial charge in [-0.1, -0.05) is 177 Å². The molecule has 2 aliphatic heterocycles. The molecule has 2 saturated heterocycles. The highest BCUT2D eigenvalue weighted by Crippen LogP contribution is 2.30. The summed E-state index contributed by atoms with van der Waals surface area (Å²) in [6, 6.07) is -0.950. The number of aliphatic hydroxyl groups is 8. The van der Waals surface area contributed by atoms with Gasteiger partial charge in [0.05, 0.1) is 32.0 Å². The molecule has 2 fully saturated rings. The van der Waals surface area contributed by atoms with Crippen LogP contribution in [0.15, 0.2) is 72.9 Å². The number of rotatable bonds is 42. The Hall–Kier alpha value is -2.57. The second-order valence-corrected chi connectivity index (χ2v) is 19.3. The van der Waals surface area contributed by atoms with Crippen molar-refractivity contribution in [1.82, 2.24) is 5.32 Å². The lowest BCUT2D eigenvalue weighted by molar-refractivity contribution is -0.359. The van der Waals surface area contributed by atoms with Crippen molar-refractivity contribution in [1.29, 1.82) is 0 Å². The molecule has 0 bridgehead atoms. The van der Waals surface area contributed by atoms with Crippen LogP contribution in [0.3, 0.4) is 0 Å². The Morgan fingerprint density at radius 1 is 0.521 bits per heavy atom. The minimum absolute atomic E-state index is 0.247. The Kier molecular flexibility index (Phi) is 38.9. The second-order valence-electron chi connectivity index (χ2n) is 19.3. The van der Waals surface area contributed by atoms with E-state index in [-0.39, 0.29) is 18.9 Å². The van der Waals surface area contributed by atoms with Gasteiger partial charge in [0, 0.05) is 6.42 Å². The third kappa shape index (κ3) is 29.2. The maximum absolute atomic E-state index is 13.2. The maximum Gasteiger partial charge on any atom is 0.220 e. The van der Waals surface area contributed by atoms with E-state index >= 15 is 0 Å². The van der Waals surface area contributed by atoms with Crippen molar-refractivity contribution >= 4 is 5.91 Å². The molecule has 410 valence electrons. The molecule has 1 amide bonds. The molecule has 12 atom stereocenters. The third-order valence-electron chi connectivity index (χ3n) is 13.1. The van der Waals surface area contributed by atoms with Crippen molar-refractivity contribution in [2.45, 2.75) is 261 Å². The van der Waals surface area contributed by atoms with Crippen molar-refractivity contribution < 1.29 is 64.6 Å². The fourth-order valence-electron chi connectivity index (χ4n) is 8.63. The minimum atomic E-state index is -1.80. The Labute approximate surface area is 428 Å². The van der Waals surface area contributed by atoms with Gasteiger partial charge in [0.25, 0.3) is 0 Å². The van der Waals surface area contributed by atoms with E-state index in [4.69, 9.17) is 18.9 Å². The monoisotopic (exact) mass is 1010 g/mol. The number of unbranched alkanes of at least 4 members (excludes halogenated alkanes) is 19. The van der Waals surface area contributed by atoms with E-state index in [1.807, 2.05) is 6.08 Å². The average Bonchev–Trinajstić information content (AvgIpc) is 3.37. The molecule has 14 heteroatoms. The molecule has 0 aromatic heterocycles. The molecule has 12 unspecified atom stereocenters. The number of carbonyl (C=O) groups is 1. The number of hydrogen-bond acceptors (Lipinski definition) is 13. The number of allylic oxidation sites excluding steroid dienone is 11. The fourth-order valence-corrected chi connectivity index (χ4v) is 8.63. The van der Waals surface area contributed by atoms with Gasteiger partial charge < -0.3 is 65.1 Å². The van der Waals surface area contributed by atoms with Crippen LogP contribution in [0.4, 0.5) is 0 Å². The Morgan fingerprint density at radius 2 is 0.986 bits per heavy atom. The average molecular weight is 1010 g/mol. The van der Waals surface area contributed by atoms with Crippen LogP contribution in [0, 0.1) is 0 Å². The molecule has 14 nitrogen and oxygen atoms in total. The van der Waals surface area contributed by atoms with Crippen LogP contribution in [-0.4, -0.2) is 140 Å². The number of amides is 1. The van der Waals surface area contributed by atoms with Crippen LogP contribution in [0.1, 0.15) is 187 Å². The first-order valence-electron chi connectivity index (χ1n) is 27.7. The van der Waals surface area contributed by atoms with Gasteiger partial charge in [-0.3, -0.25) is 4.79 Å². The SMILES string of the molecule is CC/C=C\C/C=C\C/C=C\CCCCCCCC(=O)NC(COC1OC(CO)C(OC2OC(CO)C(O)C(O)C2O)C(O)C1O)C(O)/C=C/CC/C=C/CC/C=C/CCCCCCCCCCCCCC. The first-order valence-corrected chi connectivity index (χ1v) is 27.7. The van der Waals surface area contributed by atoms with Gasteiger partial charge in [0.1, 0.15) is 48.8 Å². The van der Waals surface area contributed by atoms with E-state index in [9.17, 15) is 45.6 Å². The van der Waals surface area contributed by atoms with Gasteiger partial charge in [-0.15, -0.1) is 0 Å². The summed E-state index contributed by atoms with van der Waals surface area (Å²) in [7, 11) is 0. The lowest BCUT2D eigenvalue weighted by Gasteiger charge is -2.46. The summed E-state index contributed by atoms with van der Waals surface area (Å²) in [6.45, 7) is 2.63. The zero-order valence-corrected chi connectivity index (χ0v) is 43.7. The minimum Gasteiger partial charge on any atom is -0.394 e. The predicted molar refractivity (Wildman–Crippen MR) is 281 cm³/mol. The molecule has 0 aliphatic carbocycles. The predicted octanol–water partition coefficient (Wildman–Crippen LogP) is 8.38. The topological polar surface area (TPSA) is 228 Å². The number of nitrogens with one attached hydrogen (secondary N) is 1. The van der Waals surface area contributed by atoms with Gasteiger partial charge >= 0.3 is 0 Å². The number of aliphatic hydroxyl groups excluding tert-OH is 8. The van der Waals surface area contributed by atoms with E-state index in [1.165, 1.54) is 77.0 Å². The summed E-state index contributed by atoms with van der Waals surface area (Å²) in [4.78, 5) is 13.2. The van der Waals surface area contributed by atoms with Gasteiger partial charge in [0.2, 0.25) is 5.91 Å². The standard InChI is InChI=1S/C57H99NO13/c1-3-5-7-9-11-13-15-17-19-20-21-22-23-24-25-27-28-30-32-34-36-38-40-46(61)45(58-49(62)41-39-37-35-33-31-29-26-18-16-14-12-10-8-6-4-2)44-68-56-54(67)52(65)55(48(43-60)70-56)71-57-53(66)51(64)50(63)47(42-59)69-57/h6,8,12,14,18,24-26,30,32,38,40,45-48,50-57,59-61,63-67H,3-5,7,9-11,13,15-17,19-23,27-29,31,33-37,39,41-44H2,1-2H3,(H,58,62)/b8-6-,14-12-,25-24+,26-18-,32-30+,40-38+. The zero-order valence-electron chi connectivity index (χ0n) is 43.7. The quantitative estimate of drug-likeness (QED) is 0.0207. The van der Waals surface area contributed by atoms with Crippen LogP contribution < -0.4 is 5.32 Å². The molecule has 9 N–H and O–H groups in total. The zero-order chi connectivity index (χ0) is 51.7. The van der Waals surface area contributed by atoms with Crippen LogP contribution in [0.25, 0.3) is 0 Å². The van der Waals surface area contributed by atoms with E-state index in [0.29, 0.717) is 12.8 Å². The van der Waals surface area contributed by atoms with Crippen molar-refractivity contribution in [3.05, 3.63) is 72.9 Å².